The second kappa shape index (κ2) is 2.81. The Morgan fingerprint density at radius 2 is 2.15 bits per heavy atom. The van der Waals surface area contributed by atoms with E-state index < -0.39 is 0 Å². The molecule has 2 N–H and O–H groups in total. The molecule has 2 rings (SSSR count). The van der Waals surface area contributed by atoms with Crippen molar-refractivity contribution in [2.45, 2.75) is 31.7 Å². The van der Waals surface area contributed by atoms with Crippen LogP contribution < -0.4 is 5.73 Å². The summed E-state index contributed by atoms with van der Waals surface area (Å²) in [6, 6.07) is 5.24. The summed E-state index contributed by atoms with van der Waals surface area (Å²) in [5, 5.41) is 0. The van der Waals surface area contributed by atoms with Gasteiger partial charge in [0.15, 0.2) is 0 Å². The van der Waals surface area contributed by atoms with Crippen molar-refractivity contribution in [2.24, 2.45) is 5.73 Å². The second-order valence-electron chi connectivity index (χ2n) is 4.12. The smallest absolute Gasteiger partial charge is 0.126 e. The molecule has 1 fully saturated rings. The lowest BCUT2D eigenvalue weighted by atomic mass is 10.0. The van der Waals surface area contributed by atoms with Gasteiger partial charge in [-0.05, 0) is 43.4 Å². The van der Waals surface area contributed by atoms with Crippen LogP contribution in [0.4, 0.5) is 4.39 Å². The van der Waals surface area contributed by atoms with E-state index in [0.717, 1.165) is 24.8 Å². The van der Waals surface area contributed by atoms with Crippen LogP contribution in [-0.4, -0.2) is 5.54 Å². The maximum atomic E-state index is 12.9. The number of nitrogens with two attached hydrogens (primary N) is 1. The van der Waals surface area contributed by atoms with E-state index in [2.05, 4.69) is 0 Å². The van der Waals surface area contributed by atoms with E-state index in [1.807, 2.05) is 12.1 Å². The van der Waals surface area contributed by atoms with E-state index in [-0.39, 0.29) is 11.4 Å². The number of hydrogen-bond acceptors (Lipinski definition) is 1. The summed E-state index contributed by atoms with van der Waals surface area (Å²) in [5.41, 5.74) is 7.85. The van der Waals surface area contributed by atoms with Crippen LogP contribution in [-0.2, 0) is 6.42 Å². The molecular weight excluding hydrogens is 165 g/mol. The van der Waals surface area contributed by atoms with Gasteiger partial charge in [-0.2, -0.15) is 0 Å². The molecule has 0 amide bonds. The Bertz CT molecular complexity index is 329. The van der Waals surface area contributed by atoms with E-state index >= 15 is 0 Å². The summed E-state index contributed by atoms with van der Waals surface area (Å²) in [5.74, 6) is -0.134. The van der Waals surface area contributed by atoms with Crippen molar-refractivity contribution in [1.29, 1.82) is 0 Å². The Labute approximate surface area is 77.8 Å². The average molecular weight is 179 g/mol. The molecule has 1 aromatic rings. The molecule has 1 saturated carbocycles. The molecule has 0 unspecified atom stereocenters. The number of hydrogen-bond donors (Lipinski definition) is 1. The van der Waals surface area contributed by atoms with Crippen molar-refractivity contribution in [1.82, 2.24) is 0 Å². The fraction of sp³-hybridized carbons (Fsp3) is 0.455. The number of benzene rings is 1. The minimum Gasteiger partial charge on any atom is -0.325 e. The Morgan fingerprint density at radius 3 is 2.69 bits per heavy atom. The lowest BCUT2D eigenvalue weighted by Gasteiger charge is -2.08. The van der Waals surface area contributed by atoms with Crippen LogP contribution in [0, 0.1) is 12.7 Å². The molecule has 0 aromatic heterocycles. The average Bonchev–Trinajstić information content (AvgIpc) is 2.76. The molecule has 0 aliphatic heterocycles. The first-order valence-corrected chi connectivity index (χ1v) is 4.63. The molecule has 0 atom stereocenters. The van der Waals surface area contributed by atoms with E-state index in [1.54, 1.807) is 6.92 Å². The predicted molar refractivity (Wildman–Crippen MR) is 51.0 cm³/mol. The van der Waals surface area contributed by atoms with Gasteiger partial charge in [0.2, 0.25) is 0 Å². The fourth-order valence-corrected chi connectivity index (χ4v) is 1.56. The third-order valence-corrected chi connectivity index (χ3v) is 2.67. The summed E-state index contributed by atoms with van der Waals surface area (Å²) in [4.78, 5) is 0. The molecule has 13 heavy (non-hydrogen) atoms. The zero-order chi connectivity index (χ0) is 9.47. The Morgan fingerprint density at radius 1 is 1.46 bits per heavy atom. The van der Waals surface area contributed by atoms with Gasteiger partial charge < -0.3 is 5.73 Å². The minimum absolute atomic E-state index is 0.0181. The van der Waals surface area contributed by atoms with E-state index in [4.69, 9.17) is 5.73 Å². The van der Waals surface area contributed by atoms with Gasteiger partial charge in [-0.3, -0.25) is 0 Å². The highest BCUT2D eigenvalue weighted by molar-refractivity contribution is 5.26. The van der Waals surface area contributed by atoms with Crippen LogP contribution in [0.1, 0.15) is 24.0 Å². The normalized spacial score (nSPS) is 18.7. The molecule has 1 nitrogen and oxygen atoms in total. The molecule has 1 aliphatic carbocycles. The van der Waals surface area contributed by atoms with E-state index in [9.17, 15) is 4.39 Å². The van der Waals surface area contributed by atoms with Crippen LogP contribution in [0.2, 0.25) is 0 Å². The summed E-state index contributed by atoms with van der Waals surface area (Å²) >= 11 is 0. The summed E-state index contributed by atoms with van der Waals surface area (Å²) < 4.78 is 12.9. The van der Waals surface area contributed by atoms with Crippen molar-refractivity contribution in [3.63, 3.8) is 0 Å². The highest BCUT2D eigenvalue weighted by Gasteiger charge is 2.37. The zero-order valence-electron chi connectivity index (χ0n) is 7.81. The van der Waals surface area contributed by atoms with Gasteiger partial charge in [-0.15, -0.1) is 0 Å². The third-order valence-electron chi connectivity index (χ3n) is 2.67. The summed E-state index contributed by atoms with van der Waals surface area (Å²) in [7, 11) is 0. The fourth-order valence-electron chi connectivity index (χ4n) is 1.56. The molecule has 2 heteroatoms. The van der Waals surface area contributed by atoms with Gasteiger partial charge in [-0.25, -0.2) is 4.39 Å². The van der Waals surface area contributed by atoms with Gasteiger partial charge >= 0.3 is 0 Å². The molecule has 0 radical (unpaired) electrons. The third kappa shape index (κ3) is 1.89. The van der Waals surface area contributed by atoms with Crippen molar-refractivity contribution in [3.8, 4) is 0 Å². The quantitative estimate of drug-likeness (QED) is 0.739. The monoisotopic (exact) mass is 179 g/mol. The molecule has 0 spiro atoms. The lowest BCUT2D eigenvalue weighted by molar-refractivity contribution is 0.614. The highest BCUT2D eigenvalue weighted by atomic mass is 19.1. The Kier molecular flexibility index (Phi) is 1.88. The first kappa shape index (κ1) is 8.70. The summed E-state index contributed by atoms with van der Waals surface area (Å²) in [6.07, 6.45) is 3.08. The number of rotatable bonds is 2. The van der Waals surface area contributed by atoms with Gasteiger partial charge in [0.1, 0.15) is 5.82 Å². The SMILES string of the molecule is Cc1cc(CC2(N)CC2)ccc1F. The zero-order valence-corrected chi connectivity index (χ0v) is 7.81. The van der Waals surface area contributed by atoms with Crippen molar-refractivity contribution in [2.75, 3.05) is 0 Å². The van der Waals surface area contributed by atoms with Gasteiger partial charge in [-0.1, -0.05) is 12.1 Å². The highest BCUT2D eigenvalue weighted by Crippen LogP contribution is 2.35. The van der Waals surface area contributed by atoms with Gasteiger partial charge in [0.25, 0.3) is 0 Å². The van der Waals surface area contributed by atoms with Crippen LogP contribution in [0.3, 0.4) is 0 Å². The first-order chi connectivity index (χ1) is 6.09. The number of aryl methyl sites for hydroxylation is 1. The molecular formula is C11H14FN. The maximum Gasteiger partial charge on any atom is 0.126 e. The standard InChI is InChI=1S/C11H14FN/c1-8-6-9(2-3-10(8)12)7-11(13)4-5-11/h2-3,6H,4-5,7,13H2,1H3. The summed E-state index contributed by atoms with van der Waals surface area (Å²) in [6.45, 7) is 1.79. The molecule has 1 aliphatic rings. The van der Waals surface area contributed by atoms with Crippen molar-refractivity contribution >= 4 is 0 Å². The Balaban J connectivity index is 2.17. The van der Waals surface area contributed by atoms with Crippen LogP contribution in [0.25, 0.3) is 0 Å². The van der Waals surface area contributed by atoms with Gasteiger partial charge in [0.05, 0.1) is 0 Å². The largest absolute Gasteiger partial charge is 0.325 e. The molecule has 70 valence electrons. The van der Waals surface area contributed by atoms with Crippen LogP contribution in [0.15, 0.2) is 18.2 Å². The van der Waals surface area contributed by atoms with Crippen molar-refractivity contribution in [3.05, 3.63) is 35.1 Å². The van der Waals surface area contributed by atoms with Crippen LogP contribution in [0.5, 0.6) is 0 Å². The molecule has 1 aromatic carbocycles. The lowest BCUT2D eigenvalue weighted by Crippen LogP contribution is -2.24. The van der Waals surface area contributed by atoms with Gasteiger partial charge in [0, 0.05) is 5.54 Å². The van der Waals surface area contributed by atoms with E-state index in [0.29, 0.717) is 5.56 Å². The topological polar surface area (TPSA) is 26.0 Å². The first-order valence-electron chi connectivity index (χ1n) is 4.63. The van der Waals surface area contributed by atoms with Crippen molar-refractivity contribution < 1.29 is 4.39 Å². The molecule has 0 heterocycles. The number of halogens is 1. The maximum absolute atomic E-state index is 12.9. The molecule has 0 bridgehead atoms. The minimum atomic E-state index is -0.134. The Hall–Kier alpha value is -0.890. The van der Waals surface area contributed by atoms with E-state index in [1.165, 1.54) is 6.07 Å². The van der Waals surface area contributed by atoms with Crippen LogP contribution >= 0.6 is 0 Å². The second-order valence-corrected chi connectivity index (χ2v) is 4.12. The predicted octanol–water partition coefficient (Wildman–Crippen LogP) is 2.17. The molecule has 0 saturated heterocycles.